The van der Waals surface area contributed by atoms with Crippen molar-refractivity contribution in [3.05, 3.63) is 35.9 Å². The molecule has 0 radical (unpaired) electrons. The van der Waals surface area contributed by atoms with Crippen molar-refractivity contribution in [1.82, 2.24) is 0 Å². The molecule has 0 unspecified atom stereocenters. The van der Waals surface area contributed by atoms with Crippen LogP contribution in [0.1, 0.15) is 16.8 Å². The van der Waals surface area contributed by atoms with E-state index in [1.807, 2.05) is 0 Å². The van der Waals surface area contributed by atoms with Gasteiger partial charge in [0.25, 0.3) is 0 Å². The fourth-order valence-corrected chi connectivity index (χ4v) is 2.26. The van der Waals surface area contributed by atoms with Crippen molar-refractivity contribution in [2.24, 2.45) is 0 Å². The summed E-state index contributed by atoms with van der Waals surface area (Å²) in [7, 11) is -3.47. The van der Waals surface area contributed by atoms with E-state index in [0.29, 0.717) is 5.56 Å². The van der Waals surface area contributed by atoms with Gasteiger partial charge in [-0.25, -0.2) is 8.42 Å². The third-order valence-electron chi connectivity index (χ3n) is 2.17. The Bertz CT molecular complexity index is 509. The van der Waals surface area contributed by atoms with Gasteiger partial charge in [0.1, 0.15) is 5.25 Å². The van der Waals surface area contributed by atoms with Crippen molar-refractivity contribution in [1.29, 1.82) is 0 Å². The Morgan fingerprint density at radius 1 is 1.38 bits per heavy atom. The summed E-state index contributed by atoms with van der Waals surface area (Å²) in [5.41, 5.74) is 0.369. The van der Waals surface area contributed by atoms with Crippen molar-refractivity contribution in [3.63, 3.8) is 0 Å². The molecule has 1 aromatic rings. The highest BCUT2D eigenvalue weighted by Gasteiger charge is 2.28. The molecule has 1 rings (SSSR count). The van der Waals surface area contributed by atoms with Crippen LogP contribution >= 0.6 is 0 Å². The largest absolute Gasteiger partial charge is 0.293 e. The summed E-state index contributed by atoms with van der Waals surface area (Å²) < 4.78 is 22.8. The van der Waals surface area contributed by atoms with Crippen LogP contribution in [0.2, 0.25) is 0 Å². The van der Waals surface area contributed by atoms with E-state index in [2.05, 4.69) is 5.92 Å². The topological polar surface area (TPSA) is 51.2 Å². The second-order valence-electron chi connectivity index (χ2n) is 3.46. The van der Waals surface area contributed by atoms with E-state index in [1.54, 1.807) is 30.3 Å². The molecule has 0 saturated heterocycles. The van der Waals surface area contributed by atoms with Gasteiger partial charge in [-0.2, -0.15) is 0 Å². The van der Waals surface area contributed by atoms with Gasteiger partial charge in [0.05, 0.1) is 0 Å². The fraction of sp³-hybridized carbons (Fsp3) is 0.250. The first-order chi connectivity index (χ1) is 7.46. The van der Waals surface area contributed by atoms with Crippen molar-refractivity contribution in [3.8, 4) is 12.3 Å². The number of benzene rings is 1. The Hall–Kier alpha value is -1.60. The molecule has 1 aromatic carbocycles. The molecule has 1 atom stereocenters. The zero-order valence-electron chi connectivity index (χ0n) is 8.88. The maximum absolute atomic E-state index is 11.9. The Labute approximate surface area is 95.4 Å². The summed E-state index contributed by atoms with van der Waals surface area (Å²) in [5.74, 6) is 1.78. The van der Waals surface area contributed by atoms with Gasteiger partial charge < -0.3 is 0 Å². The predicted molar refractivity (Wildman–Crippen MR) is 62.9 cm³/mol. The van der Waals surface area contributed by atoms with Gasteiger partial charge in [-0.15, -0.1) is 12.3 Å². The van der Waals surface area contributed by atoms with E-state index < -0.39 is 20.9 Å². The molecule has 0 aliphatic heterocycles. The van der Waals surface area contributed by atoms with Crippen LogP contribution in [0.25, 0.3) is 0 Å². The lowest BCUT2D eigenvalue weighted by molar-refractivity contribution is 0.0988. The van der Waals surface area contributed by atoms with Gasteiger partial charge in [0.2, 0.25) is 0 Å². The lowest BCUT2D eigenvalue weighted by Gasteiger charge is -2.10. The molecule has 4 heteroatoms. The molecule has 16 heavy (non-hydrogen) atoms. The molecular formula is C12H12O3S. The predicted octanol–water partition coefficient (Wildman–Crippen LogP) is 1.31. The highest BCUT2D eigenvalue weighted by Crippen LogP contribution is 2.12. The van der Waals surface area contributed by atoms with Gasteiger partial charge in [0.15, 0.2) is 15.6 Å². The van der Waals surface area contributed by atoms with Crippen LogP contribution in [0.3, 0.4) is 0 Å². The Morgan fingerprint density at radius 3 is 2.38 bits per heavy atom. The average molecular weight is 236 g/mol. The number of carbonyl (C=O) groups excluding carboxylic acids is 1. The molecule has 0 amide bonds. The number of ketones is 1. The Morgan fingerprint density at radius 2 is 1.94 bits per heavy atom. The number of Topliss-reactive ketones (excluding diaryl/α,β-unsaturated/α-hetero) is 1. The second-order valence-corrected chi connectivity index (χ2v) is 5.68. The van der Waals surface area contributed by atoms with Crippen LogP contribution in [0.5, 0.6) is 0 Å². The minimum absolute atomic E-state index is 0.0907. The van der Waals surface area contributed by atoms with Crippen molar-refractivity contribution in [2.45, 2.75) is 11.7 Å². The molecule has 84 valence electrons. The summed E-state index contributed by atoms with van der Waals surface area (Å²) in [5, 5.41) is -1.14. The van der Waals surface area contributed by atoms with Crippen LogP contribution in [-0.4, -0.2) is 25.7 Å². The molecule has 0 saturated carbocycles. The molecular weight excluding hydrogens is 224 g/mol. The lowest BCUT2D eigenvalue weighted by atomic mass is 10.1. The second kappa shape index (κ2) is 4.95. The molecule has 0 aromatic heterocycles. The maximum Gasteiger partial charge on any atom is 0.181 e. The summed E-state index contributed by atoms with van der Waals surface area (Å²) >= 11 is 0. The van der Waals surface area contributed by atoms with Crippen LogP contribution in [0, 0.1) is 12.3 Å². The zero-order valence-corrected chi connectivity index (χ0v) is 9.70. The normalized spacial score (nSPS) is 12.8. The van der Waals surface area contributed by atoms with E-state index in [9.17, 15) is 13.2 Å². The van der Waals surface area contributed by atoms with E-state index in [-0.39, 0.29) is 6.42 Å². The van der Waals surface area contributed by atoms with E-state index in [1.165, 1.54) is 0 Å². The molecule has 3 nitrogen and oxygen atoms in total. The van der Waals surface area contributed by atoms with Crippen molar-refractivity contribution in [2.75, 3.05) is 6.26 Å². The zero-order chi connectivity index (χ0) is 12.2. The van der Waals surface area contributed by atoms with Gasteiger partial charge >= 0.3 is 0 Å². The van der Waals surface area contributed by atoms with Crippen molar-refractivity contribution >= 4 is 15.6 Å². The van der Waals surface area contributed by atoms with Crippen molar-refractivity contribution < 1.29 is 13.2 Å². The fourth-order valence-electron chi connectivity index (χ4n) is 1.33. The highest BCUT2D eigenvalue weighted by molar-refractivity contribution is 7.92. The first kappa shape index (κ1) is 12.5. The van der Waals surface area contributed by atoms with Gasteiger partial charge in [-0.1, -0.05) is 30.3 Å². The molecule has 0 N–H and O–H groups in total. The smallest absolute Gasteiger partial charge is 0.181 e. The van der Waals surface area contributed by atoms with E-state index in [0.717, 1.165) is 6.26 Å². The third kappa shape index (κ3) is 2.94. The summed E-state index contributed by atoms with van der Waals surface area (Å²) in [6.07, 6.45) is 6.01. The summed E-state index contributed by atoms with van der Waals surface area (Å²) in [6.45, 7) is 0. The van der Waals surface area contributed by atoms with E-state index >= 15 is 0 Å². The third-order valence-corrected chi connectivity index (χ3v) is 3.59. The van der Waals surface area contributed by atoms with Gasteiger partial charge in [0, 0.05) is 18.2 Å². The number of rotatable bonds is 4. The van der Waals surface area contributed by atoms with E-state index in [4.69, 9.17) is 6.42 Å². The standard InChI is InChI=1S/C12H12O3S/c1-3-7-11(16(2,14)15)12(13)10-8-5-4-6-9-10/h1,4-6,8-9,11H,7H2,2H3/t11-/m0/s1. The number of hydrogen-bond acceptors (Lipinski definition) is 3. The number of sulfone groups is 1. The number of hydrogen-bond donors (Lipinski definition) is 0. The van der Waals surface area contributed by atoms with Crippen LogP contribution < -0.4 is 0 Å². The molecule has 0 aliphatic rings. The quantitative estimate of drug-likeness (QED) is 0.585. The SMILES string of the molecule is C#CC[C@@H](C(=O)c1ccccc1)S(C)(=O)=O. The van der Waals surface area contributed by atoms with Gasteiger partial charge in [-0.3, -0.25) is 4.79 Å². The summed E-state index contributed by atoms with van der Waals surface area (Å²) in [4.78, 5) is 11.9. The highest BCUT2D eigenvalue weighted by atomic mass is 32.2. The molecule has 0 heterocycles. The first-order valence-corrected chi connectivity index (χ1v) is 6.64. The van der Waals surface area contributed by atoms with Gasteiger partial charge in [-0.05, 0) is 0 Å². The molecule has 0 bridgehead atoms. The monoisotopic (exact) mass is 236 g/mol. The Balaban J connectivity index is 3.08. The maximum atomic E-state index is 11.9. The average Bonchev–Trinajstić information content (AvgIpc) is 2.25. The Kier molecular flexibility index (Phi) is 3.86. The minimum atomic E-state index is -3.47. The van der Waals surface area contributed by atoms with Crippen LogP contribution in [0.15, 0.2) is 30.3 Å². The first-order valence-electron chi connectivity index (χ1n) is 4.68. The van der Waals surface area contributed by atoms with Crippen LogP contribution in [0.4, 0.5) is 0 Å². The minimum Gasteiger partial charge on any atom is -0.293 e. The molecule has 0 fully saturated rings. The summed E-state index contributed by atoms with van der Waals surface area (Å²) in [6, 6.07) is 8.28. The molecule has 0 aliphatic carbocycles. The number of terminal acetylenes is 1. The molecule has 0 spiro atoms. The lowest BCUT2D eigenvalue weighted by Crippen LogP contribution is -2.29. The number of carbonyl (C=O) groups is 1. The van der Waals surface area contributed by atoms with Crippen LogP contribution in [-0.2, 0) is 9.84 Å².